The smallest absolute Gasteiger partial charge is 0.363 e. The number of anilines is 1. The highest BCUT2D eigenvalue weighted by molar-refractivity contribution is 5.63. The summed E-state index contributed by atoms with van der Waals surface area (Å²) >= 11 is 0. The Hall–Kier alpha value is -2.64. The van der Waals surface area contributed by atoms with Crippen molar-refractivity contribution >= 4 is 11.5 Å². The van der Waals surface area contributed by atoms with Crippen LogP contribution in [-0.4, -0.2) is 14.4 Å². The van der Waals surface area contributed by atoms with Gasteiger partial charge in [-0.25, -0.2) is 14.4 Å². The van der Waals surface area contributed by atoms with E-state index in [0.717, 1.165) is 6.20 Å². The molecule has 0 aliphatic carbocycles. The van der Waals surface area contributed by atoms with Gasteiger partial charge in [0.05, 0.1) is 0 Å². The second-order valence-corrected chi connectivity index (χ2v) is 4.58. The highest BCUT2D eigenvalue weighted by Crippen LogP contribution is 2.29. The number of fused-ring (bicyclic) bond motifs is 1. The molecule has 3 aromatic rings. The summed E-state index contributed by atoms with van der Waals surface area (Å²) in [5.74, 6) is -0.248. The molecule has 0 aliphatic heterocycles. The Bertz CT molecular complexity index is 810. The van der Waals surface area contributed by atoms with E-state index in [1.807, 2.05) is 0 Å². The van der Waals surface area contributed by atoms with E-state index in [-0.39, 0.29) is 18.0 Å². The van der Waals surface area contributed by atoms with Crippen LogP contribution in [-0.2, 0) is 12.7 Å². The van der Waals surface area contributed by atoms with Gasteiger partial charge in [-0.3, -0.25) is 0 Å². The molecule has 0 radical (unpaired) electrons. The molecule has 0 amide bonds. The third kappa shape index (κ3) is 2.72. The fourth-order valence-electron chi connectivity index (χ4n) is 2.00. The number of aromatic nitrogens is 3. The summed E-state index contributed by atoms with van der Waals surface area (Å²) in [6.45, 7) is 0.0908. The summed E-state index contributed by atoms with van der Waals surface area (Å²) in [7, 11) is 0. The first-order valence-corrected chi connectivity index (χ1v) is 6.33. The van der Waals surface area contributed by atoms with Crippen molar-refractivity contribution in [3.63, 3.8) is 0 Å². The van der Waals surface area contributed by atoms with Crippen molar-refractivity contribution in [3.8, 4) is 0 Å². The summed E-state index contributed by atoms with van der Waals surface area (Å²) in [6.07, 6.45) is -0.940. The number of hydrogen-bond acceptors (Lipinski definition) is 3. The lowest BCUT2D eigenvalue weighted by Crippen LogP contribution is -2.06. The molecule has 4 nitrogen and oxygen atoms in total. The Balaban J connectivity index is 1.91. The van der Waals surface area contributed by atoms with Crippen LogP contribution in [0.2, 0.25) is 0 Å². The standard InChI is InChI=1S/C14H10F4N4/c15-10-4-2-1-3-9(10)7-20-12-13-21-11(14(16,17)18)8-22(13)6-5-19-12/h1-6,8H,7H2,(H,19,20). The highest BCUT2D eigenvalue weighted by atomic mass is 19.4. The molecule has 22 heavy (non-hydrogen) atoms. The molecule has 8 heteroatoms. The molecule has 114 valence electrons. The van der Waals surface area contributed by atoms with Gasteiger partial charge in [0.25, 0.3) is 0 Å². The van der Waals surface area contributed by atoms with Crippen LogP contribution in [0.5, 0.6) is 0 Å². The molecule has 2 heterocycles. The molecule has 0 saturated heterocycles. The van der Waals surface area contributed by atoms with Gasteiger partial charge < -0.3 is 9.72 Å². The van der Waals surface area contributed by atoms with E-state index in [1.54, 1.807) is 18.2 Å². The number of hydrogen-bond donors (Lipinski definition) is 1. The van der Waals surface area contributed by atoms with Crippen LogP contribution >= 0.6 is 0 Å². The quantitative estimate of drug-likeness (QED) is 0.753. The number of halogens is 4. The van der Waals surface area contributed by atoms with Gasteiger partial charge in [0.1, 0.15) is 5.82 Å². The van der Waals surface area contributed by atoms with Crippen molar-refractivity contribution in [3.05, 3.63) is 59.9 Å². The number of alkyl halides is 3. The average molecular weight is 310 g/mol. The monoisotopic (exact) mass is 310 g/mol. The van der Waals surface area contributed by atoms with Crippen LogP contribution in [0.15, 0.2) is 42.9 Å². The van der Waals surface area contributed by atoms with Crippen LogP contribution < -0.4 is 5.32 Å². The first-order valence-electron chi connectivity index (χ1n) is 6.33. The molecule has 1 N–H and O–H groups in total. The Morgan fingerprint density at radius 1 is 1.18 bits per heavy atom. The maximum atomic E-state index is 13.5. The summed E-state index contributed by atoms with van der Waals surface area (Å²) in [4.78, 5) is 7.50. The minimum Gasteiger partial charge on any atom is -0.363 e. The van der Waals surface area contributed by atoms with Gasteiger partial charge in [-0.05, 0) is 6.07 Å². The Labute approximate surface area is 122 Å². The molecular weight excluding hydrogens is 300 g/mol. The molecule has 2 aromatic heterocycles. The molecule has 3 rings (SSSR count). The molecule has 0 unspecified atom stereocenters. The Morgan fingerprint density at radius 2 is 1.95 bits per heavy atom. The third-order valence-electron chi connectivity index (χ3n) is 3.07. The Morgan fingerprint density at radius 3 is 2.68 bits per heavy atom. The van der Waals surface area contributed by atoms with Crippen LogP contribution in [0.3, 0.4) is 0 Å². The van der Waals surface area contributed by atoms with E-state index in [2.05, 4.69) is 15.3 Å². The van der Waals surface area contributed by atoms with E-state index in [9.17, 15) is 17.6 Å². The van der Waals surface area contributed by atoms with Gasteiger partial charge >= 0.3 is 6.18 Å². The van der Waals surface area contributed by atoms with Crippen molar-refractivity contribution < 1.29 is 17.6 Å². The maximum Gasteiger partial charge on any atom is 0.434 e. The zero-order valence-electron chi connectivity index (χ0n) is 11.1. The van der Waals surface area contributed by atoms with Gasteiger partial charge in [-0.15, -0.1) is 0 Å². The zero-order valence-corrected chi connectivity index (χ0v) is 11.1. The van der Waals surface area contributed by atoms with E-state index in [4.69, 9.17) is 0 Å². The van der Waals surface area contributed by atoms with E-state index < -0.39 is 17.7 Å². The summed E-state index contributed by atoms with van der Waals surface area (Å²) in [5, 5.41) is 2.81. The van der Waals surface area contributed by atoms with Crippen LogP contribution in [0.25, 0.3) is 5.65 Å². The minimum absolute atomic E-state index is 0.0335. The van der Waals surface area contributed by atoms with Gasteiger partial charge in [0, 0.05) is 30.7 Å². The lowest BCUT2D eigenvalue weighted by molar-refractivity contribution is -0.140. The van der Waals surface area contributed by atoms with Crippen molar-refractivity contribution in [2.24, 2.45) is 0 Å². The normalized spacial score (nSPS) is 11.8. The molecule has 0 saturated carbocycles. The average Bonchev–Trinajstić information content (AvgIpc) is 2.91. The van der Waals surface area contributed by atoms with Crippen LogP contribution in [0.1, 0.15) is 11.3 Å². The summed E-state index contributed by atoms with van der Waals surface area (Å²) in [6, 6.07) is 6.12. The Kier molecular flexibility index (Phi) is 3.44. The molecule has 0 spiro atoms. The van der Waals surface area contributed by atoms with E-state index in [0.29, 0.717) is 5.56 Å². The van der Waals surface area contributed by atoms with Crippen molar-refractivity contribution in [2.45, 2.75) is 12.7 Å². The van der Waals surface area contributed by atoms with E-state index in [1.165, 1.54) is 22.9 Å². The van der Waals surface area contributed by atoms with Crippen LogP contribution in [0.4, 0.5) is 23.4 Å². The lowest BCUT2D eigenvalue weighted by atomic mass is 10.2. The van der Waals surface area contributed by atoms with Gasteiger partial charge in [0.15, 0.2) is 17.2 Å². The SMILES string of the molecule is Fc1ccccc1CNc1nccn2cc(C(F)(F)F)nc12. The second kappa shape index (κ2) is 5.28. The van der Waals surface area contributed by atoms with E-state index >= 15 is 0 Å². The van der Waals surface area contributed by atoms with Gasteiger partial charge in [0.2, 0.25) is 0 Å². The molecule has 0 fully saturated rings. The number of imidazole rings is 1. The fourth-order valence-corrected chi connectivity index (χ4v) is 2.00. The predicted molar refractivity (Wildman–Crippen MR) is 71.7 cm³/mol. The minimum atomic E-state index is -4.53. The zero-order chi connectivity index (χ0) is 15.7. The largest absolute Gasteiger partial charge is 0.434 e. The second-order valence-electron chi connectivity index (χ2n) is 4.58. The topological polar surface area (TPSA) is 42.2 Å². The molecular formula is C14H10F4N4. The molecule has 0 atom stereocenters. The maximum absolute atomic E-state index is 13.5. The third-order valence-corrected chi connectivity index (χ3v) is 3.07. The van der Waals surface area contributed by atoms with Crippen molar-refractivity contribution in [1.82, 2.24) is 14.4 Å². The van der Waals surface area contributed by atoms with Crippen molar-refractivity contribution in [2.75, 3.05) is 5.32 Å². The number of benzene rings is 1. The van der Waals surface area contributed by atoms with Crippen LogP contribution in [0, 0.1) is 5.82 Å². The van der Waals surface area contributed by atoms with Crippen molar-refractivity contribution in [1.29, 1.82) is 0 Å². The predicted octanol–water partition coefficient (Wildman–Crippen LogP) is 3.50. The van der Waals surface area contributed by atoms with Gasteiger partial charge in [-0.2, -0.15) is 13.2 Å². The first kappa shape index (κ1) is 14.3. The highest BCUT2D eigenvalue weighted by Gasteiger charge is 2.34. The number of nitrogens with one attached hydrogen (secondary N) is 1. The number of rotatable bonds is 3. The number of nitrogens with zero attached hydrogens (tertiary/aromatic N) is 3. The fraction of sp³-hybridized carbons (Fsp3) is 0.143. The molecule has 0 bridgehead atoms. The van der Waals surface area contributed by atoms with Gasteiger partial charge in [-0.1, -0.05) is 18.2 Å². The summed E-state index contributed by atoms with van der Waals surface area (Å²) in [5.41, 5.74) is -0.588. The lowest BCUT2D eigenvalue weighted by Gasteiger charge is -2.07. The molecule has 0 aliphatic rings. The first-order chi connectivity index (χ1) is 10.4. The summed E-state index contributed by atoms with van der Waals surface area (Å²) < 4.78 is 52.8. The molecule has 1 aromatic carbocycles.